The highest BCUT2D eigenvalue weighted by atomic mass is 16.4. The van der Waals surface area contributed by atoms with Gasteiger partial charge in [-0.15, -0.1) is 0 Å². The van der Waals surface area contributed by atoms with E-state index in [9.17, 15) is 4.79 Å². The number of nitrogens with two attached hydrogens (primary N) is 1. The Morgan fingerprint density at radius 1 is 1.47 bits per heavy atom. The molecule has 0 aromatic heterocycles. The van der Waals surface area contributed by atoms with Crippen LogP contribution in [0.5, 0.6) is 0 Å². The molecular weight excluding hydrogens is 220 g/mol. The van der Waals surface area contributed by atoms with E-state index in [-0.39, 0.29) is 23.8 Å². The van der Waals surface area contributed by atoms with Gasteiger partial charge < -0.3 is 21.6 Å². The van der Waals surface area contributed by atoms with Gasteiger partial charge >= 0.3 is 0 Å². The van der Waals surface area contributed by atoms with Gasteiger partial charge in [-0.2, -0.15) is 0 Å². The summed E-state index contributed by atoms with van der Waals surface area (Å²) in [5, 5.41) is 17.4. The van der Waals surface area contributed by atoms with Crippen molar-refractivity contribution < 1.29 is 10.0 Å². The molecule has 0 heterocycles. The Bertz CT molecular complexity index is 254. The number of hydrogen-bond donors (Lipinski definition) is 4. The fourth-order valence-electron chi connectivity index (χ4n) is 1.44. The maximum atomic E-state index is 11.4. The van der Waals surface area contributed by atoms with E-state index >= 15 is 0 Å². The zero-order valence-electron chi connectivity index (χ0n) is 10.9. The third-order valence-corrected chi connectivity index (χ3v) is 2.31. The van der Waals surface area contributed by atoms with Crippen LogP contribution >= 0.6 is 0 Å². The quantitative estimate of drug-likeness (QED) is 0.215. The molecule has 6 nitrogen and oxygen atoms in total. The van der Waals surface area contributed by atoms with Crippen molar-refractivity contribution in [1.29, 1.82) is 0 Å². The molecule has 0 fully saturated rings. The van der Waals surface area contributed by atoms with Gasteiger partial charge in [0.15, 0.2) is 0 Å². The number of rotatable bonds is 8. The molecule has 1 atom stereocenters. The molecule has 0 aromatic rings. The van der Waals surface area contributed by atoms with Gasteiger partial charge in [0.25, 0.3) is 0 Å². The molecule has 0 radical (unpaired) electrons. The maximum absolute atomic E-state index is 11.4. The molecule has 0 aliphatic rings. The molecule has 0 spiro atoms. The highest BCUT2D eigenvalue weighted by Gasteiger charge is 2.09. The predicted octanol–water partition coefficient (Wildman–Crippen LogP) is 0.406. The van der Waals surface area contributed by atoms with E-state index in [4.69, 9.17) is 10.9 Å². The predicted molar refractivity (Wildman–Crippen MR) is 68.0 cm³/mol. The summed E-state index contributed by atoms with van der Waals surface area (Å²) < 4.78 is 0. The molecule has 1 unspecified atom stereocenters. The number of amides is 1. The average molecular weight is 244 g/mol. The minimum atomic E-state index is 0.0335. The zero-order chi connectivity index (χ0) is 13.3. The zero-order valence-corrected chi connectivity index (χ0v) is 10.9. The van der Waals surface area contributed by atoms with Gasteiger partial charge in [-0.05, 0) is 20.3 Å². The van der Waals surface area contributed by atoms with Crippen LogP contribution in [0.4, 0.5) is 0 Å². The standard InChI is InChI=1S/C11H24N4O2/c1-4-9(7-10(12)15-17)13-6-5-11(16)14-8(2)3/h8-9,13,17H,4-7H2,1-3H3,(H2,12,15)(H,14,16). The SMILES string of the molecule is CCC(CC(N)=NO)NCCC(=O)NC(C)C. The molecule has 0 saturated heterocycles. The van der Waals surface area contributed by atoms with Crippen molar-refractivity contribution in [2.24, 2.45) is 10.9 Å². The van der Waals surface area contributed by atoms with Gasteiger partial charge in [0, 0.05) is 31.5 Å². The number of carbonyl (C=O) groups is 1. The van der Waals surface area contributed by atoms with Crippen LogP contribution in [0, 0.1) is 0 Å². The van der Waals surface area contributed by atoms with Crippen LogP contribution in [0.2, 0.25) is 0 Å². The Morgan fingerprint density at radius 3 is 2.59 bits per heavy atom. The first-order chi connectivity index (χ1) is 7.99. The minimum absolute atomic E-state index is 0.0335. The van der Waals surface area contributed by atoms with E-state index in [1.165, 1.54) is 0 Å². The summed E-state index contributed by atoms with van der Waals surface area (Å²) >= 11 is 0. The van der Waals surface area contributed by atoms with Crippen molar-refractivity contribution in [2.45, 2.75) is 52.1 Å². The number of carbonyl (C=O) groups excluding carboxylic acids is 1. The van der Waals surface area contributed by atoms with Gasteiger partial charge in [-0.3, -0.25) is 4.79 Å². The Morgan fingerprint density at radius 2 is 2.12 bits per heavy atom. The summed E-state index contributed by atoms with van der Waals surface area (Å²) in [5.41, 5.74) is 5.43. The molecule has 0 saturated carbocycles. The maximum Gasteiger partial charge on any atom is 0.221 e. The first-order valence-electron chi connectivity index (χ1n) is 5.98. The van der Waals surface area contributed by atoms with Crippen LogP contribution < -0.4 is 16.4 Å². The monoisotopic (exact) mass is 244 g/mol. The lowest BCUT2D eigenvalue weighted by atomic mass is 10.1. The van der Waals surface area contributed by atoms with Crippen LogP contribution in [-0.2, 0) is 4.79 Å². The first-order valence-corrected chi connectivity index (χ1v) is 5.98. The average Bonchev–Trinajstić information content (AvgIpc) is 2.26. The number of oxime groups is 1. The molecule has 100 valence electrons. The van der Waals surface area contributed by atoms with Gasteiger partial charge in [0.2, 0.25) is 5.91 Å². The number of hydrogen-bond acceptors (Lipinski definition) is 4. The van der Waals surface area contributed by atoms with E-state index in [1.54, 1.807) is 0 Å². The van der Waals surface area contributed by atoms with Crippen LogP contribution in [0.1, 0.15) is 40.0 Å². The third-order valence-electron chi connectivity index (χ3n) is 2.31. The van der Waals surface area contributed by atoms with Crippen LogP contribution in [-0.4, -0.2) is 35.6 Å². The topological polar surface area (TPSA) is 99.7 Å². The summed E-state index contributed by atoms with van der Waals surface area (Å²) in [6.07, 6.45) is 1.78. The summed E-state index contributed by atoms with van der Waals surface area (Å²) in [6, 6.07) is 0.305. The minimum Gasteiger partial charge on any atom is -0.409 e. The first kappa shape index (κ1) is 15.7. The highest BCUT2D eigenvalue weighted by Crippen LogP contribution is 1.97. The van der Waals surface area contributed by atoms with Gasteiger partial charge in [-0.25, -0.2) is 0 Å². The second-order valence-corrected chi connectivity index (χ2v) is 4.33. The van der Waals surface area contributed by atoms with Crippen LogP contribution in [0.25, 0.3) is 0 Å². The number of nitrogens with zero attached hydrogens (tertiary/aromatic N) is 1. The Labute approximate surface area is 103 Å². The lowest BCUT2D eigenvalue weighted by Crippen LogP contribution is -2.37. The van der Waals surface area contributed by atoms with E-state index in [2.05, 4.69) is 15.8 Å². The summed E-state index contributed by atoms with van der Waals surface area (Å²) in [4.78, 5) is 11.4. The van der Waals surface area contributed by atoms with Crippen molar-refractivity contribution in [3.63, 3.8) is 0 Å². The lowest BCUT2D eigenvalue weighted by molar-refractivity contribution is -0.121. The fraction of sp³-hybridized carbons (Fsp3) is 0.818. The smallest absolute Gasteiger partial charge is 0.221 e. The second kappa shape index (κ2) is 8.81. The summed E-state index contributed by atoms with van der Waals surface area (Å²) in [5.74, 6) is 0.238. The van der Waals surface area contributed by atoms with Crippen molar-refractivity contribution >= 4 is 11.7 Å². The Kier molecular flexibility index (Phi) is 8.13. The summed E-state index contributed by atoms with van der Waals surface area (Å²) in [6.45, 7) is 6.46. The Balaban J connectivity index is 3.80. The molecule has 0 rings (SSSR count). The number of amidine groups is 1. The van der Waals surface area contributed by atoms with Crippen molar-refractivity contribution in [3.05, 3.63) is 0 Å². The molecule has 1 amide bonds. The molecule has 0 aromatic carbocycles. The highest BCUT2D eigenvalue weighted by molar-refractivity contribution is 5.80. The lowest BCUT2D eigenvalue weighted by Gasteiger charge is -2.16. The normalized spacial score (nSPS) is 13.8. The molecule has 0 bridgehead atoms. The fourth-order valence-corrected chi connectivity index (χ4v) is 1.44. The molecule has 0 aliphatic carbocycles. The third kappa shape index (κ3) is 8.50. The van der Waals surface area contributed by atoms with E-state index in [0.717, 1.165) is 6.42 Å². The Hall–Kier alpha value is -1.30. The molecular formula is C11H24N4O2. The van der Waals surface area contributed by atoms with Gasteiger partial charge in [0.1, 0.15) is 5.84 Å². The van der Waals surface area contributed by atoms with Crippen LogP contribution in [0.15, 0.2) is 5.16 Å². The van der Waals surface area contributed by atoms with Crippen LogP contribution in [0.3, 0.4) is 0 Å². The van der Waals surface area contributed by atoms with Crippen molar-refractivity contribution in [2.75, 3.05) is 6.54 Å². The molecule has 0 aliphatic heterocycles. The second-order valence-electron chi connectivity index (χ2n) is 4.33. The van der Waals surface area contributed by atoms with Gasteiger partial charge in [-0.1, -0.05) is 12.1 Å². The summed E-state index contributed by atoms with van der Waals surface area (Å²) in [7, 11) is 0. The van der Waals surface area contributed by atoms with Crippen molar-refractivity contribution in [1.82, 2.24) is 10.6 Å². The number of nitrogens with one attached hydrogen (secondary N) is 2. The van der Waals surface area contributed by atoms with E-state index in [0.29, 0.717) is 19.4 Å². The van der Waals surface area contributed by atoms with Gasteiger partial charge in [0.05, 0.1) is 0 Å². The molecule has 17 heavy (non-hydrogen) atoms. The van der Waals surface area contributed by atoms with Crippen molar-refractivity contribution in [3.8, 4) is 0 Å². The van der Waals surface area contributed by atoms with E-state index < -0.39 is 0 Å². The van der Waals surface area contributed by atoms with E-state index in [1.807, 2.05) is 20.8 Å². The largest absolute Gasteiger partial charge is 0.409 e. The molecule has 5 N–H and O–H groups in total. The molecule has 6 heteroatoms.